The number of rotatable bonds is 3. The van der Waals surface area contributed by atoms with Gasteiger partial charge in [0.05, 0.1) is 6.20 Å². The molecule has 2 aromatic rings. The molecule has 0 aliphatic heterocycles. The molecule has 0 aliphatic rings. The topological polar surface area (TPSA) is 68.8 Å². The maximum absolute atomic E-state index is 4.89. The normalized spacial score (nSPS) is 10.4. The first-order valence-electron chi connectivity index (χ1n) is 4.26. The van der Waals surface area contributed by atoms with Crippen molar-refractivity contribution in [1.82, 2.24) is 19.9 Å². The molecule has 0 fully saturated rings. The first-order chi connectivity index (χ1) is 6.74. The van der Waals surface area contributed by atoms with Crippen LogP contribution in [0.25, 0.3) is 0 Å². The average Bonchev–Trinajstić information content (AvgIpc) is 2.72. The van der Waals surface area contributed by atoms with Gasteiger partial charge in [-0.2, -0.15) is 10.1 Å². The van der Waals surface area contributed by atoms with Crippen molar-refractivity contribution >= 4 is 6.01 Å². The van der Waals surface area contributed by atoms with Crippen molar-refractivity contribution in [2.75, 3.05) is 5.32 Å². The SMILES string of the molecule is Cc1noc(NCc2cnn(C)c2)n1. The van der Waals surface area contributed by atoms with E-state index >= 15 is 0 Å². The Morgan fingerprint density at radius 2 is 2.43 bits per heavy atom. The zero-order valence-corrected chi connectivity index (χ0v) is 8.06. The lowest BCUT2D eigenvalue weighted by molar-refractivity contribution is 0.425. The number of anilines is 1. The molecule has 0 aliphatic carbocycles. The molecule has 0 saturated heterocycles. The van der Waals surface area contributed by atoms with E-state index in [0.717, 1.165) is 5.56 Å². The Hall–Kier alpha value is -1.85. The first kappa shape index (κ1) is 8.74. The highest BCUT2D eigenvalue weighted by Crippen LogP contribution is 2.05. The lowest BCUT2D eigenvalue weighted by Gasteiger charge is -1.95. The first-order valence-corrected chi connectivity index (χ1v) is 4.26. The molecule has 0 spiro atoms. The number of hydrogen-bond acceptors (Lipinski definition) is 5. The van der Waals surface area contributed by atoms with Crippen LogP contribution >= 0.6 is 0 Å². The molecular weight excluding hydrogens is 182 g/mol. The Balaban J connectivity index is 1.94. The third kappa shape index (κ3) is 1.90. The minimum atomic E-state index is 0.436. The van der Waals surface area contributed by atoms with Gasteiger partial charge in [0.25, 0.3) is 0 Å². The Bertz CT molecular complexity index is 379. The van der Waals surface area contributed by atoms with Gasteiger partial charge in [-0.05, 0) is 6.92 Å². The van der Waals surface area contributed by atoms with Crippen molar-refractivity contribution in [2.24, 2.45) is 7.05 Å². The monoisotopic (exact) mass is 193 g/mol. The van der Waals surface area contributed by atoms with E-state index in [-0.39, 0.29) is 0 Å². The summed E-state index contributed by atoms with van der Waals surface area (Å²) in [7, 11) is 1.88. The van der Waals surface area contributed by atoms with Crippen LogP contribution in [0.2, 0.25) is 0 Å². The fourth-order valence-corrected chi connectivity index (χ4v) is 1.11. The zero-order valence-electron chi connectivity index (χ0n) is 8.06. The van der Waals surface area contributed by atoms with Gasteiger partial charge in [-0.15, -0.1) is 0 Å². The van der Waals surface area contributed by atoms with Crippen LogP contribution in [0.5, 0.6) is 0 Å². The quantitative estimate of drug-likeness (QED) is 0.778. The molecule has 14 heavy (non-hydrogen) atoms. The summed E-state index contributed by atoms with van der Waals surface area (Å²) in [5, 5.41) is 10.7. The number of nitrogens with one attached hydrogen (secondary N) is 1. The van der Waals surface area contributed by atoms with Crippen LogP contribution < -0.4 is 5.32 Å². The summed E-state index contributed by atoms with van der Waals surface area (Å²) < 4.78 is 6.64. The Morgan fingerprint density at radius 3 is 3.00 bits per heavy atom. The highest BCUT2D eigenvalue weighted by Gasteiger charge is 2.01. The molecule has 0 atom stereocenters. The Morgan fingerprint density at radius 1 is 1.57 bits per heavy atom. The summed E-state index contributed by atoms with van der Waals surface area (Å²) >= 11 is 0. The third-order valence-corrected chi connectivity index (χ3v) is 1.73. The molecule has 2 heterocycles. The smallest absolute Gasteiger partial charge is 0.321 e. The fourth-order valence-electron chi connectivity index (χ4n) is 1.11. The predicted octanol–water partition coefficient (Wildman–Crippen LogP) is 0.724. The van der Waals surface area contributed by atoms with Crippen LogP contribution in [-0.4, -0.2) is 19.9 Å². The molecule has 0 amide bonds. The van der Waals surface area contributed by atoms with Crippen molar-refractivity contribution in [3.05, 3.63) is 23.8 Å². The second kappa shape index (κ2) is 3.49. The van der Waals surface area contributed by atoms with Crippen LogP contribution in [0.4, 0.5) is 6.01 Å². The van der Waals surface area contributed by atoms with E-state index in [1.54, 1.807) is 17.8 Å². The van der Waals surface area contributed by atoms with Crippen LogP contribution in [0.3, 0.4) is 0 Å². The van der Waals surface area contributed by atoms with Gasteiger partial charge >= 0.3 is 6.01 Å². The second-order valence-electron chi connectivity index (χ2n) is 3.02. The third-order valence-electron chi connectivity index (χ3n) is 1.73. The highest BCUT2D eigenvalue weighted by atomic mass is 16.5. The largest absolute Gasteiger partial charge is 0.334 e. The fraction of sp³-hybridized carbons (Fsp3) is 0.375. The van der Waals surface area contributed by atoms with Gasteiger partial charge in [0.2, 0.25) is 0 Å². The molecule has 2 aromatic heterocycles. The van der Waals surface area contributed by atoms with E-state index in [0.29, 0.717) is 18.4 Å². The van der Waals surface area contributed by atoms with Gasteiger partial charge in [0, 0.05) is 25.4 Å². The molecule has 0 unspecified atom stereocenters. The minimum Gasteiger partial charge on any atom is -0.334 e. The molecule has 0 bridgehead atoms. The van der Waals surface area contributed by atoms with E-state index in [2.05, 4.69) is 20.6 Å². The van der Waals surface area contributed by atoms with Gasteiger partial charge in [-0.3, -0.25) is 4.68 Å². The lowest BCUT2D eigenvalue weighted by Crippen LogP contribution is -1.98. The van der Waals surface area contributed by atoms with Gasteiger partial charge in [0.15, 0.2) is 5.82 Å². The molecule has 0 aromatic carbocycles. The average molecular weight is 193 g/mol. The van der Waals surface area contributed by atoms with Crippen molar-refractivity contribution in [2.45, 2.75) is 13.5 Å². The molecule has 0 radical (unpaired) electrons. The van der Waals surface area contributed by atoms with Gasteiger partial charge < -0.3 is 9.84 Å². The van der Waals surface area contributed by atoms with Gasteiger partial charge in [-0.25, -0.2) is 0 Å². The van der Waals surface area contributed by atoms with Crippen LogP contribution in [0.1, 0.15) is 11.4 Å². The Kier molecular flexibility index (Phi) is 2.18. The second-order valence-corrected chi connectivity index (χ2v) is 3.02. The Labute approximate surface area is 80.9 Å². The van der Waals surface area contributed by atoms with E-state index in [1.807, 2.05) is 13.2 Å². The predicted molar refractivity (Wildman–Crippen MR) is 49.6 cm³/mol. The molecule has 6 nitrogen and oxygen atoms in total. The number of aromatic nitrogens is 4. The van der Waals surface area contributed by atoms with E-state index in [1.165, 1.54) is 0 Å². The van der Waals surface area contributed by atoms with Gasteiger partial charge in [0.1, 0.15) is 0 Å². The summed E-state index contributed by atoms with van der Waals surface area (Å²) in [4.78, 5) is 4.02. The summed E-state index contributed by atoms with van der Waals surface area (Å²) in [6, 6.07) is 0.436. The molecular formula is C8H11N5O. The van der Waals surface area contributed by atoms with Crippen molar-refractivity contribution < 1.29 is 4.52 Å². The number of nitrogens with zero attached hydrogens (tertiary/aromatic N) is 4. The van der Waals surface area contributed by atoms with E-state index < -0.39 is 0 Å². The highest BCUT2D eigenvalue weighted by molar-refractivity contribution is 5.21. The van der Waals surface area contributed by atoms with Crippen molar-refractivity contribution in [1.29, 1.82) is 0 Å². The van der Waals surface area contributed by atoms with Crippen molar-refractivity contribution in [3.8, 4) is 0 Å². The minimum absolute atomic E-state index is 0.436. The zero-order chi connectivity index (χ0) is 9.97. The maximum atomic E-state index is 4.89. The van der Waals surface area contributed by atoms with Gasteiger partial charge in [-0.1, -0.05) is 5.16 Å². The molecule has 74 valence electrons. The summed E-state index contributed by atoms with van der Waals surface area (Å²) in [6.45, 7) is 2.41. The molecule has 2 rings (SSSR count). The molecule has 6 heteroatoms. The standard InChI is InChI=1S/C8H11N5O/c1-6-11-8(14-12-6)9-3-7-4-10-13(2)5-7/h4-5H,3H2,1-2H3,(H,9,11,12). The van der Waals surface area contributed by atoms with Crippen LogP contribution in [0.15, 0.2) is 16.9 Å². The van der Waals surface area contributed by atoms with Crippen LogP contribution in [-0.2, 0) is 13.6 Å². The molecule has 1 N–H and O–H groups in total. The van der Waals surface area contributed by atoms with Crippen molar-refractivity contribution in [3.63, 3.8) is 0 Å². The summed E-state index contributed by atoms with van der Waals surface area (Å²) in [5.74, 6) is 0.624. The number of hydrogen-bond donors (Lipinski definition) is 1. The van der Waals surface area contributed by atoms with E-state index in [4.69, 9.17) is 4.52 Å². The number of aryl methyl sites for hydroxylation is 2. The van der Waals surface area contributed by atoms with E-state index in [9.17, 15) is 0 Å². The summed E-state index contributed by atoms with van der Waals surface area (Å²) in [6.07, 6.45) is 3.71. The summed E-state index contributed by atoms with van der Waals surface area (Å²) in [5.41, 5.74) is 1.07. The molecule has 0 saturated carbocycles. The maximum Gasteiger partial charge on any atom is 0.321 e. The lowest BCUT2D eigenvalue weighted by atomic mass is 10.4. The van der Waals surface area contributed by atoms with Crippen LogP contribution in [0, 0.1) is 6.92 Å².